The molecule has 4 aromatic rings. The summed E-state index contributed by atoms with van der Waals surface area (Å²) in [6, 6.07) is 20.4. The van der Waals surface area contributed by atoms with Gasteiger partial charge in [-0.15, -0.1) is 11.3 Å². The third-order valence-electron chi connectivity index (χ3n) is 5.21. The monoisotopic (exact) mass is 496 g/mol. The molecule has 0 bridgehead atoms. The Bertz CT molecular complexity index is 1440. The fourth-order valence-electron chi connectivity index (χ4n) is 3.35. The fraction of sp³-hybridized carbons (Fsp3) is 0.0800. The highest BCUT2D eigenvalue weighted by molar-refractivity contribution is 7.92. The van der Waals surface area contributed by atoms with Gasteiger partial charge in [0.1, 0.15) is 14.8 Å². The zero-order valence-corrected chi connectivity index (χ0v) is 20.3. The number of carbonyl (C=O) groups excluding carboxylic acids is 1. The van der Waals surface area contributed by atoms with E-state index in [1.807, 2.05) is 38.1 Å². The normalized spacial score (nSPS) is 11.4. The lowest BCUT2D eigenvalue weighted by Crippen LogP contribution is -2.08. The summed E-state index contributed by atoms with van der Waals surface area (Å²) in [6.07, 6.45) is 0. The number of ketones is 1. The number of aryl methyl sites for hydroxylation is 2. The second-order valence-corrected chi connectivity index (χ2v) is 10.9. The third-order valence-corrected chi connectivity index (χ3v) is 8.56. The minimum Gasteiger partial charge on any atom is -0.396 e. The minimum atomic E-state index is -4.00. The molecule has 1 aromatic heterocycles. The van der Waals surface area contributed by atoms with E-state index in [0.29, 0.717) is 15.6 Å². The Morgan fingerprint density at radius 3 is 2.21 bits per heavy atom. The van der Waals surface area contributed by atoms with Gasteiger partial charge in [-0.05, 0) is 61.9 Å². The summed E-state index contributed by atoms with van der Waals surface area (Å²) in [4.78, 5) is 13.4. The van der Waals surface area contributed by atoms with Gasteiger partial charge in [0.2, 0.25) is 15.6 Å². The zero-order chi connectivity index (χ0) is 23.8. The molecule has 5 nitrogen and oxygen atoms in total. The molecular weight excluding hydrogens is 476 g/mol. The number of para-hydroxylation sites is 1. The van der Waals surface area contributed by atoms with E-state index in [1.54, 1.807) is 48.5 Å². The van der Waals surface area contributed by atoms with Crippen LogP contribution in [0.3, 0.4) is 0 Å². The summed E-state index contributed by atoms with van der Waals surface area (Å²) in [5.74, 6) is -0.368. The smallest absolute Gasteiger partial charge is 0.211 e. The van der Waals surface area contributed by atoms with Gasteiger partial charge in [-0.2, -0.15) is 0 Å². The van der Waals surface area contributed by atoms with E-state index < -0.39 is 9.84 Å². The van der Waals surface area contributed by atoms with Gasteiger partial charge in [0.15, 0.2) is 0 Å². The average Bonchev–Trinajstić information content (AvgIpc) is 3.12. The first-order valence-electron chi connectivity index (χ1n) is 10.1. The fourth-order valence-corrected chi connectivity index (χ4v) is 6.40. The maximum atomic E-state index is 13.6. The van der Waals surface area contributed by atoms with Crippen LogP contribution in [0, 0.1) is 13.8 Å². The molecule has 0 aliphatic heterocycles. The van der Waals surface area contributed by atoms with Crippen molar-refractivity contribution in [3.63, 3.8) is 0 Å². The number of anilines is 3. The number of carbonyl (C=O) groups is 1. The van der Waals surface area contributed by atoms with Crippen LogP contribution in [0.15, 0.2) is 82.6 Å². The highest BCUT2D eigenvalue weighted by Crippen LogP contribution is 2.44. The first kappa shape index (κ1) is 23.0. The van der Waals surface area contributed by atoms with Crippen molar-refractivity contribution in [2.24, 2.45) is 0 Å². The zero-order valence-electron chi connectivity index (χ0n) is 17.9. The summed E-state index contributed by atoms with van der Waals surface area (Å²) >= 11 is 6.97. The Morgan fingerprint density at radius 1 is 0.939 bits per heavy atom. The lowest BCUT2D eigenvalue weighted by molar-refractivity contribution is 0.104. The van der Waals surface area contributed by atoms with Gasteiger partial charge in [0.05, 0.1) is 10.6 Å². The number of sulfone groups is 1. The number of nitrogens with one attached hydrogen (secondary N) is 1. The molecule has 0 spiro atoms. The highest BCUT2D eigenvalue weighted by Gasteiger charge is 2.31. The number of halogens is 1. The van der Waals surface area contributed by atoms with Gasteiger partial charge in [0.25, 0.3) is 0 Å². The third kappa shape index (κ3) is 4.53. The van der Waals surface area contributed by atoms with Crippen LogP contribution in [0.25, 0.3) is 0 Å². The van der Waals surface area contributed by atoms with E-state index in [9.17, 15) is 13.2 Å². The van der Waals surface area contributed by atoms with Crippen LogP contribution in [-0.2, 0) is 9.84 Å². The number of hydrogen-bond donors (Lipinski definition) is 2. The van der Waals surface area contributed by atoms with Crippen LogP contribution < -0.4 is 11.1 Å². The number of nitrogens with two attached hydrogens (primary N) is 1. The van der Waals surface area contributed by atoms with E-state index in [4.69, 9.17) is 17.3 Å². The van der Waals surface area contributed by atoms with E-state index in [1.165, 1.54) is 0 Å². The van der Waals surface area contributed by atoms with Gasteiger partial charge in [-0.25, -0.2) is 8.42 Å². The minimum absolute atomic E-state index is 0.0726. The van der Waals surface area contributed by atoms with Crippen molar-refractivity contribution in [3.8, 4) is 0 Å². The van der Waals surface area contributed by atoms with Gasteiger partial charge in [0, 0.05) is 16.3 Å². The lowest BCUT2D eigenvalue weighted by atomic mass is 10.1. The molecule has 0 aliphatic carbocycles. The molecule has 0 saturated carbocycles. The molecule has 4 rings (SSSR count). The average molecular weight is 497 g/mol. The molecule has 0 atom stereocenters. The molecule has 33 heavy (non-hydrogen) atoms. The van der Waals surface area contributed by atoms with Crippen LogP contribution in [0.1, 0.15) is 26.4 Å². The quantitative estimate of drug-likeness (QED) is 0.301. The summed E-state index contributed by atoms with van der Waals surface area (Å²) in [5.41, 5.74) is 9.24. The topological polar surface area (TPSA) is 89.3 Å². The predicted molar refractivity (Wildman–Crippen MR) is 135 cm³/mol. The van der Waals surface area contributed by atoms with E-state index in [2.05, 4.69) is 5.32 Å². The first-order valence-corrected chi connectivity index (χ1v) is 12.7. The molecule has 3 N–H and O–H groups in total. The molecular formula is C25H21ClN2O3S2. The number of nitrogen functional groups attached to an aromatic ring is 1. The Kier molecular flexibility index (Phi) is 6.30. The summed E-state index contributed by atoms with van der Waals surface area (Å²) in [7, 11) is -4.00. The molecule has 1 heterocycles. The van der Waals surface area contributed by atoms with Crippen molar-refractivity contribution < 1.29 is 13.2 Å². The standard InChI is InChI=1S/C25H21ClN2O3S2/c1-15-7-13-19(14-8-15)33(30,31)24-21(27)23(22(29)17-9-11-18(26)12-10-17)32-25(24)28-20-6-4-3-5-16(20)2/h3-14,28H,27H2,1-2H3. The van der Waals surface area contributed by atoms with Gasteiger partial charge in [-0.1, -0.05) is 47.5 Å². The van der Waals surface area contributed by atoms with Crippen molar-refractivity contribution in [3.05, 3.63) is 99.4 Å². The number of rotatable bonds is 6. The molecule has 0 amide bonds. The predicted octanol–water partition coefficient (Wildman–Crippen LogP) is 6.41. The SMILES string of the molecule is Cc1ccc(S(=O)(=O)c2c(Nc3ccccc3C)sc(C(=O)c3ccc(Cl)cc3)c2N)cc1. The van der Waals surface area contributed by atoms with Crippen LogP contribution >= 0.6 is 22.9 Å². The molecule has 3 aromatic carbocycles. The molecule has 8 heteroatoms. The maximum Gasteiger partial charge on any atom is 0.211 e. The first-order chi connectivity index (χ1) is 15.7. The maximum absolute atomic E-state index is 13.6. The largest absolute Gasteiger partial charge is 0.396 e. The molecule has 0 radical (unpaired) electrons. The van der Waals surface area contributed by atoms with Crippen molar-refractivity contribution in [1.82, 2.24) is 0 Å². The van der Waals surface area contributed by atoms with Crippen molar-refractivity contribution in [2.75, 3.05) is 11.1 Å². The Balaban J connectivity index is 1.89. The molecule has 0 unspecified atom stereocenters. The van der Waals surface area contributed by atoms with Gasteiger partial charge in [-0.3, -0.25) is 4.79 Å². The van der Waals surface area contributed by atoms with E-state index >= 15 is 0 Å². The number of benzene rings is 3. The molecule has 0 aliphatic rings. The van der Waals surface area contributed by atoms with Crippen LogP contribution in [0.4, 0.5) is 16.4 Å². The summed E-state index contributed by atoms with van der Waals surface area (Å²) in [6.45, 7) is 3.79. The summed E-state index contributed by atoms with van der Waals surface area (Å²) < 4.78 is 27.3. The molecule has 168 valence electrons. The van der Waals surface area contributed by atoms with Crippen molar-refractivity contribution >= 4 is 54.9 Å². The number of hydrogen-bond acceptors (Lipinski definition) is 6. The Morgan fingerprint density at radius 2 is 1.58 bits per heavy atom. The van der Waals surface area contributed by atoms with Gasteiger partial charge < -0.3 is 11.1 Å². The second-order valence-electron chi connectivity index (χ2n) is 7.60. The number of thiophene rings is 1. The van der Waals surface area contributed by atoms with Crippen molar-refractivity contribution in [2.45, 2.75) is 23.6 Å². The lowest BCUT2D eigenvalue weighted by Gasteiger charge is -2.11. The second kappa shape index (κ2) is 9.02. The molecule has 0 saturated heterocycles. The molecule has 0 fully saturated rings. The highest BCUT2D eigenvalue weighted by atomic mass is 35.5. The van der Waals surface area contributed by atoms with Crippen LogP contribution in [-0.4, -0.2) is 14.2 Å². The van der Waals surface area contributed by atoms with Gasteiger partial charge >= 0.3 is 0 Å². The van der Waals surface area contributed by atoms with E-state index in [0.717, 1.165) is 28.2 Å². The Labute approximate surface area is 201 Å². The van der Waals surface area contributed by atoms with Crippen LogP contribution in [0.5, 0.6) is 0 Å². The Hall–Kier alpha value is -3.13. The van der Waals surface area contributed by atoms with E-state index in [-0.39, 0.29) is 26.1 Å². The van der Waals surface area contributed by atoms with Crippen LogP contribution in [0.2, 0.25) is 5.02 Å². The van der Waals surface area contributed by atoms with Crippen molar-refractivity contribution in [1.29, 1.82) is 0 Å². The summed E-state index contributed by atoms with van der Waals surface area (Å²) in [5, 5.41) is 3.98.